The molecule has 0 amide bonds. The average molecular weight is 1700 g/mol. The molecule has 0 bridgehead atoms. The molecule has 16 nitrogen and oxygen atoms in total. The summed E-state index contributed by atoms with van der Waals surface area (Å²) in [5, 5.41) is 20.7. The summed E-state index contributed by atoms with van der Waals surface area (Å²) in [5.41, 5.74) is 0. The van der Waals surface area contributed by atoms with Crippen LogP contribution in [0, 0.1) is 0 Å². The van der Waals surface area contributed by atoms with Crippen molar-refractivity contribution in [3.63, 3.8) is 0 Å². The van der Waals surface area contributed by atoms with Crippen LogP contribution in [0.2, 0.25) is 0 Å². The second-order valence-electron chi connectivity index (χ2n) is 31.0. The van der Waals surface area contributed by atoms with Crippen molar-refractivity contribution < 1.29 is 75.8 Å². The van der Waals surface area contributed by atoms with Crippen LogP contribution in [0.3, 0.4) is 0 Å². The molecule has 0 spiro atoms. The molecule has 18 heteroatoms. The lowest BCUT2D eigenvalue weighted by atomic mass is 10.0. The summed E-state index contributed by atoms with van der Waals surface area (Å²) in [7, 11) is -9.82. The van der Waals surface area contributed by atoms with Crippen LogP contribution in [0.5, 0.6) is 0 Å². The number of unbranched alkanes of at least 4 members (excludes halogenated alkanes) is 35. The van der Waals surface area contributed by atoms with Gasteiger partial charge in [0, 0.05) is 19.3 Å². The first kappa shape index (κ1) is 114. The second kappa shape index (κ2) is 91.8. The smallest absolute Gasteiger partial charge is 0.463 e. The van der Waals surface area contributed by atoms with Gasteiger partial charge in [0.25, 0.3) is 0 Å². The Morgan fingerprint density at radius 3 is 0.664 bits per heavy atom. The number of aliphatic hydroxyl groups excluding tert-OH is 2. The summed E-state index contributed by atoms with van der Waals surface area (Å²) < 4.78 is 61.4. The van der Waals surface area contributed by atoms with E-state index in [9.17, 15) is 43.5 Å². The van der Waals surface area contributed by atoms with E-state index in [1.54, 1.807) is 0 Å². The molecule has 4 N–H and O–H groups in total. The van der Waals surface area contributed by atoms with Crippen molar-refractivity contribution >= 4 is 33.6 Å². The van der Waals surface area contributed by atoms with Crippen molar-refractivity contribution in [1.29, 1.82) is 0 Å². The summed E-state index contributed by atoms with van der Waals surface area (Å²) in [5.74, 6) is -1.60. The molecule has 0 aromatic rings. The summed E-state index contributed by atoms with van der Waals surface area (Å²) in [6.07, 6.45) is 121. The van der Waals surface area contributed by atoms with Crippen molar-refractivity contribution in [1.82, 2.24) is 0 Å². The van der Waals surface area contributed by atoms with Gasteiger partial charge in [0.2, 0.25) is 0 Å². The van der Waals surface area contributed by atoms with Crippen LogP contribution >= 0.6 is 15.6 Å². The van der Waals surface area contributed by atoms with Crippen molar-refractivity contribution in [3.05, 3.63) is 182 Å². The molecule has 0 aliphatic rings. The molecule has 0 radical (unpaired) electrons. The Bertz CT molecular complexity index is 2890. The third-order valence-corrected chi connectivity index (χ3v) is 21.5. The summed E-state index contributed by atoms with van der Waals surface area (Å²) in [6, 6.07) is 0. The highest BCUT2D eigenvalue weighted by Crippen LogP contribution is 2.45. The van der Waals surface area contributed by atoms with E-state index < -0.39 is 91.5 Å². The first-order valence-electron chi connectivity index (χ1n) is 47.1. The third kappa shape index (κ3) is 93.2. The maximum atomic E-state index is 13.0. The van der Waals surface area contributed by atoms with Gasteiger partial charge < -0.3 is 34.2 Å². The number of ether oxygens (including phenoxy) is 3. The summed E-state index contributed by atoms with van der Waals surface area (Å²) in [6.45, 7) is 2.35. The quantitative estimate of drug-likeness (QED) is 0.0146. The molecule has 0 saturated carbocycles. The highest BCUT2D eigenvalue weighted by atomic mass is 31.2. The van der Waals surface area contributed by atoms with Gasteiger partial charge in [-0.05, 0) is 154 Å². The molecule has 0 aromatic carbocycles. The Hall–Kier alpha value is -5.35. The van der Waals surface area contributed by atoms with Crippen molar-refractivity contribution in [2.75, 3.05) is 39.6 Å². The first-order chi connectivity index (χ1) is 58.2. The number of esters is 3. The van der Waals surface area contributed by atoms with Crippen LogP contribution < -0.4 is 0 Å². The number of carbonyl (C=O) groups excluding carboxylic acids is 3. The number of rotatable bonds is 88. The van der Waals surface area contributed by atoms with Crippen molar-refractivity contribution in [3.8, 4) is 0 Å². The van der Waals surface area contributed by atoms with Gasteiger partial charge in [0.15, 0.2) is 6.10 Å². The molecule has 0 saturated heterocycles. The Morgan fingerprint density at radius 2 is 0.420 bits per heavy atom. The summed E-state index contributed by atoms with van der Waals surface area (Å²) >= 11 is 0. The molecule has 0 heterocycles. The monoisotopic (exact) mass is 1700 g/mol. The highest BCUT2D eigenvalue weighted by Gasteiger charge is 2.29. The largest absolute Gasteiger partial charge is 0.472 e. The summed E-state index contributed by atoms with van der Waals surface area (Å²) in [4.78, 5) is 59.0. The van der Waals surface area contributed by atoms with Crippen LogP contribution in [-0.2, 0) is 55.8 Å². The number of phosphoric ester groups is 2. The minimum absolute atomic E-state index is 0.0733. The molecule has 0 rings (SSSR count). The fourth-order valence-electron chi connectivity index (χ4n) is 12.6. The van der Waals surface area contributed by atoms with Crippen LogP contribution in [0.15, 0.2) is 182 Å². The molecule has 0 fully saturated rings. The molecule has 119 heavy (non-hydrogen) atoms. The Balaban J connectivity index is 4.48. The average Bonchev–Trinajstić information content (AvgIpc) is 0.902. The minimum atomic E-state index is -4.95. The van der Waals surface area contributed by atoms with Crippen LogP contribution in [0.4, 0.5) is 0 Å². The normalized spacial score (nSPS) is 14.6. The van der Waals surface area contributed by atoms with Gasteiger partial charge in [-0.2, -0.15) is 0 Å². The fourth-order valence-corrected chi connectivity index (χ4v) is 14.2. The van der Waals surface area contributed by atoms with Gasteiger partial charge in [-0.15, -0.1) is 0 Å². The zero-order valence-electron chi connectivity index (χ0n) is 75.0. The Labute approximate surface area is 725 Å². The molecule has 5 unspecified atom stereocenters. The zero-order valence-corrected chi connectivity index (χ0v) is 76.8. The molecule has 0 aliphatic heterocycles. The standard InChI is InChI=1S/C101H170O16P2/c1-4-7-10-13-16-19-22-25-28-31-33-35-37-39-41-43-45-46-47-48-50-52-53-55-57-59-61-64-66-69-72-75-78-81-84-87-99(104)111-90-96(102)91-113-118(107,108)114-92-97(103)93-115-119(109,110)116-95-98(117-101(106)89-86-83-80-77-74-71-68-63-30-27-24-21-18-15-12-9-6-3)94-112-100(105)88-85-82-79-76-73-70-67-65-62-60-58-56-54-51-49-44-42-40-38-36-34-32-29-26-23-20-17-14-11-8-5-2/h7-12,16-21,25-30,33-36,39-42,45-46,68,71,96-98,102-103H,4-6,13-15,22-24,31-32,37-38,43-44,47-67,69-70,72-95H2,1-3H3,(H,107,108)(H,109,110)/b10-7-,11-8-,12-9-,19-16-,20-17-,21-18-,28-25-,29-26-,30-27-,35-33-,36-34-,41-39-,42-40-,46-45-,71-68-. The predicted octanol–water partition coefficient (Wildman–Crippen LogP) is 29.2. The zero-order chi connectivity index (χ0) is 86.5. The van der Waals surface area contributed by atoms with Gasteiger partial charge in [-0.1, -0.05) is 389 Å². The molecule has 0 aliphatic carbocycles. The number of hydrogen-bond acceptors (Lipinski definition) is 14. The van der Waals surface area contributed by atoms with E-state index in [1.807, 2.05) is 0 Å². The van der Waals surface area contributed by atoms with Gasteiger partial charge in [0.05, 0.1) is 26.4 Å². The Morgan fingerprint density at radius 1 is 0.235 bits per heavy atom. The fraction of sp³-hybridized carbons (Fsp3) is 0.673. The van der Waals surface area contributed by atoms with Crippen LogP contribution in [0.25, 0.3) is 0 Å². The van der Waals surface area contributed by atoms with E-state index in [-0.39, 0.29) is 19.3 Å². The topological polar surface area (TPSA) is 231 Å². The number of phosphoric acid groups is 2. The third-order valence-electron chi connectivity index (χ3n) is 19.6. The van der Waals surface area contributed by atoms with Crippen LogP contribution in [-0.4, -0.2) is 95.9 Å². The van der Waals surface area contributed by atoms with Crippen LogP contribution in [0.1, 0.15) is 380 Å². The maximum absolute atomic E-state index is 13.0. The lowest BCUT2D eigenvalue weighted by molar-refractivity contribution is -0.161. The van der Waals surface area contributed by atoms with Gasteiger partial charge in [-0.25, -0.2) is 9.13 Å². The minimum Gasteiger partial charge on any atom is -0.463 e. The molecular weight excluding hydrogens is 1530 g/mol. The first-order valence-corrected chi connectivity index (χ1v) is 50.1. The van der Waals surface area contributed by atoms with E-state index in [0.717, 1.165) is 167 Å². The van der Waals surface area contributed by atoms with Gasteiger partial charge >= 0.3 is 33.6 Å². The van der Waals surface area contributed by atoms with E-state index >= 15 is 0 Å². The highest BCUT2D eigenvalue weighted by molar-refractivity contribution is 7.47. The van der Waals surface area contributed by atoms with Gasteiger partial charge in [0.1, 0.15) is 25.4 Å². The number of allylic oxidation sites excluding steroid dienone is 30. The SMILES string of the molecule is CC/C=C\C/C=C\C/C=C\C/C=C\C/C=C\C/C=C\CCCCCCCCCCCCCCCCCCC(=O)OCC(O)COP(=O)(O)OCC(O)COP(=O)(O)OCC(COC(=O)CCCCCCCCCCCCCCCCC/C=C\C/C=C\C/C=C\C/C=C\C/C=C\CC)OC(=O)CCCCCC/C=C\C/C=C\C/C=C\C/C=C\CC. The number of carbonyl (C=O) groups is 3. The second-order valence-corrected chi connectivity index (χ2v) is 33.9. The lowest BCUT2D eigenvalue weighted by Gasteiger charge is -2.21. The van der Waals surface area contributed by atoms with Gasteiger partial charge in [-0.3, -0.25) is 32.5 Å². The maximum Gasteiger partial charge on any atom is 0.472 e. The van der Waals surface area contributed by atoms with Crippen molar-refractivity contribution in [2.24, 2.45) is 0 Å². The molecular formula is C101H170O16P2. The molecule has 680 valence electrons. The van der Waals surface area contributed by atoms with E-state index in [4.69, 9.17) is 32.3 Å². The van der Waals surface area contributed by atoms with E-state index in [1.165, 1.54) is 154 Å². The molecule has 0 aromatic heterocycles. The number of hydrogen-bond donors (Lipinski definition) is 4. The van der Waals surface area contributed by atoms with Crippen molar-refractivity contribution in [2.45, 2.75) is 399 Å². The number of aliphatic hydroxyl groups is 2. The lowest BCUT2D eigenvalue weighted by Crippen LogP contribution is -2.30. The molecule has 5 atom stereocenters. The van der Waals surface area contributed by atoms with E-state index in [0.29, 0.717) is 19.3 Å². The van der Waals surface area contributed by atoms with E-state index in [2.05, 4.69) is 203 Å². The Kier molecular flexibility index (Phi) is 87.7. The predicted molar refractivity (Wildman–Crippen MR) is 500 cm³/mol.